The van der Waals surface area contributed by atoms with Crippen LogP contribution in [0.3, 0.4) is 0 Å². The van der Waals surface area contributed by atoms with Crippen molar-refractivity contribution >= 4 is 15.9 Å². The Balaban J connectivity index is 2.05. The number of halogens is 1. The lowest BCUT2D eigenvalue weighted by molar-refractivity contribution is 0.477. The number of pyridine rings is 1. The fraction of sp³-hybridized carbons (Fsp3) is 0. The molecule has 5 nitrogen and oxygen atoms in total. The standard InChI is InChI=1S/C21H14BrN3O2/c22-16-8-2-3-10-19(16)25-21(27)15(14-7-1-4-11-20(14)26)13-18(24-25)17-9-5-6-12-23-17/h1-13,26H. The summed E-state index contributed by atoms with van der Waals surface area (Å²) in [7, 11) is 0. The van der Waals surface area contributed by atoms with Crippen LogP contribution < -0.4 is 5.56 Å². The third-order valence-electron chi connectivity index (χ3n) is 4.11. The van der Waals surface area contributed by atoms with E-state index in [1.54, 1.807) is 42.6 Å². The summed E-state index contributed by atoms with van der Waals surface area (Å²) in [5.74, 6) is 0.0337. The molecule has 2 aromatic heterocycles. The van der Waals surface area contributed by atoms with Crippen LogP contribution >= 0.6 is 15.9 Å². The maximum absolute atomic E-state index is 13.2. The molecule has 0 amide bonds. The molecule has 0 bridgehead atoms. The first-order valence-electron chi connectivity index (χ1n) is 8.24. The first-order valence-corrected chi connectivity index (χ1v) is 9.03. The average molecular weight is 420 g/mol. The van der Waals surface area contributed by atoms with Crippen LogP contribution in [-0.4, -0.2) is 19.9 Å². The van der Waals surface area contributed by atoms with E-state index in [0.29, 0.717) is 28.2 Å². The number of para-hydroxylation sites is 2. The van der Waals surface area contributed by atoms with Gasteiger partial charge in [-0.15, -0.1) is 0 Å². The molecule has 2 aromatic carbocycles. The molecule has 0 spiro atoms. The van der Waals surface area contributed by atoms with Gasteiger partial charge in [0.15, 0.2) is 0 Å². The number of benzene rings is 2. The van der Waals surface area contributed by atoms with E-state index in [2.05, 4.69) is 26.0 Å². The van der Waals surface area contributed by atoms with E-state index in [1.807, 2.05) is 36.4 Å². The molecule has 2 heterocycles. The zero-order chi connectivity index (χ0) is 18.8. The minimum absolute atomic E-state index is 0.0337. The molecule has 0 fully saturated rings. The molecule has 0 saturated carbocycles. The van der Waals surface area contributed by atoms with Gasteiger partial charge in [-0.2, -0.15) is 9.78 Å². The van der Waals surface area contributed by atoms with E-state index in [-0.39, 0.29) is 11.3 Å². The first-order chi connectivity index (χ1) is 13.1. The summed E-state index contributed by atoms with van der Waals surface area (Å²) in [5.41, 5.74) is 2.24. The quantitative estimate of drug-likeness (QED) is 0.533. The molecule has 1 N–H and O–H groups in total. The van der Waals surface area contributed by atoms with Crippen LogP contribution in [-0.2, 0) is 0 Å². The van der Waals surface area contributed by atoms with Gasteiger partial charge in [0.1, 0.15) is 11.4 Å². The van der Waals surface area contributed by atoms with Crippen LogP contribution in [0.15, 0.2) is 88.3 Å². The highest BCUT2D eigenvalue weighted by Gasteiger charge is 2.16. The number of phenols is 1. The van der Waals surface area contributed by atoms with Gasteiger partial charge in [-0.25, -0.2) is 0 Å². The Morgan fingerprint density at radius 2 is 1.59 bits per heavy atom. The third kappa shape index (κ3) is 3.27. The number of nitrogens with zero attached hydrogens (tertiary/aromatic N) is 3. The highest BCUT2D eigenvalue weighted by atomic mass is 79.9. The fourth-order valence-corrected chi connectivity index (χ4v) is 3.27. The predicted octanol–water partition coefficient (Wildman–Crippen LogP) is 4.43. The highest BCUT2D eigenvalue weighted by molar-refractivity contribution is 9.10. The van der Waals surface area contributed by atoms with Crippen molar-refractivity contribution in [2.45, 2.75) is 0 Å². The highest BCUT2D eigenvalue weighted by Crippen LogP contribution is 2.29. The number of hydrogen-bond acceptors (Lipinski definition) is 4. The number of phenolic OH excluding ortho intramolecular Hbond substituents is 1. The molecular weight excluding hydrogens is 406 g/mol. The molecule has 0 unspecified atom stereocenters. The minimum Gasteiger partial charge on any atom is -0.507 e. The molecule has 0 saturated heterocycles. The Labute approximate surface area is 163 Å². The zero-order valence-corrected chi connectivity index (χ0v) is 15.7. The van der Waals surface area contributed by atoms with Crippen molar-refractivity contribution in [3.63, 3.8) is 0 Å². The summed E-state index contributed by atoms with van der Waals surface area (Å²) in [6.45, 7) is 0. The van der Waals surface area contributed by atoms with Crippen molar-refractivity contribution in [3.8, 4) is 34.0 Å². The summed E-state index contributed by atoms with van der Waals surface area (Å²) in [6, 6.07) is 21.3. The van der Waals surface area contributed by atoms with Crippen LogP contribution in [0.1, 0.15) is 0 Å². The van der Waals surface area contributed by atoms with Gasteiger partial charge in [-0.05, 0) is 52.3 Å². The number of hydrogen-bond donors (Lipinski definition) is 1. The molecular formula is C21H14BrN3O2. The van der Waals surface area contributed by atoms with Gasteiger partial charge >= 0.3 is 0 Å². The van der Waals surface area contributed by atoms with Crippen molar-refractivity contribution in [2.75, 3.05) is 0 Å². The Bertz CT molecular complexity index is 1100. The van der Waals surface area contributed by atoms with E-state index >= 15 is 0 Å². The molecule has 27 heavy (non-hydrogen) atoms. The second-order valence-electron chi connectivity index (χ2n) is 5.84. The summed E-state index contributed by atoms with van der Waals surface area (Å²) >= 11 is 3.48. The van der Waals surface area contributed by atoms with Gasteiger partial charge in [0.2, 0.25) is 0 Å². The Morgan fingerprint density at radius 3 is 2.33 bits per heavy atom. The maximum atomic E-state index is 13.2. The van der Waals surface area contributed by atoms with Crippen LogP contribution in [0.4, 0.5) is 0 Å². The lowest BCUT2D eigenvalue weighted by atomic mass is 10.0. The smallest absolute Gasteiger partial charge is 0.279 e. The molecule has 0 aliphatic carbocycles. The van der Waals surface area contributed by atoms with Crippen LogP contribution in [0.2, 0.25) is 0 Å². The third-order valence-corrected chi connectivity index (χ3v) is 4.78. The molecule has 4 aromatic rings. The fourth-order valence-electron chi connectivity index (χ4n) is 2.82. The second kappa shape index (κ2) is 7.17. The van der Waals surface area contributed by atoms with Gasteiger partial charge in [-0.1, -0.05) is 36.4 Å². The Morgan fingerprint density at radius 1 is 0.852 bits per heavy atom. The van der Waals surface area contributed by atoms with Gasteiger partial charge in [0.05, 0.1) is 16.9 Å². The molecule has 0 aliphatic heterocycles. The predicted molar refractivity (Wildman–Crippen MR) is 108 cm³/mol. The van der Waals surface area contributed by atoms with Gasteiger partial charge in [-0.3, -0.25) is 9.78 Å². The Hall–Kier alpha value is -3.25. The summed E-state index contributed by atoms with van der Waals surface area (Å²) < 4.78 is 2.07. The maximum Gasteiger partial charge on any atom is 0.279 e. The normalized spacial score (nSPS) is 10.7. The second-order valence-corrected chi connectivity index (χ2v) is 6.70. The van der Waals surface area contributed by atoms with E-state index in [0.717, 1.165) is 4.47 Å². The van der Waals surface area contributed by atoms with E-state index in [9.17, 15) is 9.90 Å². The molecule has 4 rings (SSSR count). The molecule has 0 atom stereocenters. The zero-order valence-electron chi connectivity index (χ0n) is 14.1. The molecule has 0 aliphatic rings. The summed E-state index contributed by atoms with van der Waals surface area (Å²) in [4.78, 5) is 17.5. The van der Waals surface area contributed by atoms with Gasteiger partial charge < -0.3 is 5.11 Å². The van der Waals surface area contributed by atoms with Crippen molar-refractivity contribution in [3.05, 3.63) is 93.8 Å². The van der Waals surface area contributed by atoms with Crippen molar-refractivity contribution in [1.29, 1.82) is 0 Å². The minimum atomic E-state index is -0.330. The molecule has 132 valence electrons. The number of aromatic hydroxyl groups is 1. The van der Waals surface area contributed by atoms with E-state index in [4.69, 9.17) is 0 Å². The van der Waals surface area contributed by atoms with Crippen molar-refractivity contribution in [1.82, 2.24) is 14.8 Å². The van der Waals surface area contributed by atoms with Crippen LogP contribution in [0.25, 0.3) is 28.2 Å². The van der Waals surface area contributed by atoms with E-state index < -0.39 is 0 Å². The molecule has 6 heteroatoms. The monoisotopic (exact) mass is 419 g/mol. The first kappa shape index (κ1) is 17.2. The SMILES string of the molecule is O=c1c(-c2ccccc2O)cc(-c2ccccn2)nn1-c1ccccc1Br. The topological polar surface area (TPSA) is 68.0 Å². The van der Waals surface area contributed by atoms with Crippen molar-refractivity contribution < 1.29 is 5.11 Å². The average Bonchev–Trinajstić information content (AvgIpc) is 2.70. The van der Waals surface area contributed by atoms with Gasteiger partial charge in [0, 0.05) is 16.2 Å². The van der Waals surface area contributed by atoms with Gasteiger partial charge in [0.25, 0.3) is 5.56 Å². The summed E-state index contributed by atoms with van der Waals surface area (Å²) in [6.07, 6.45) is 1.67. The molecule has 0 radical (unpaired) electrons. The lowest BCUT2D eigenvalue weighted by Crippen LogP contribution is -2.23. The largest absolute Gasteiger partial charge is 0.507 e. The van der Waals surface area contributed by atoms with E-state index in [1.165, 1.54) is 4.68 Å². The number of rotatable bonds is 3. The summed E-state index contributed by atoms with van der Waals surface area (Å²) in [5, 5.41) is 14.8. The number of aromatic nitrogens is 3. The Kier molecular flexibility index (Phi) is 4.56. The van der Waals surface area contributed by atoms with Crippen LogP contribution in [0, 0.1) is 0 Å². The lowest BCUT2D eigenvalue weighted by Gasteiger charge is -2.12. The van der Waals surface area contributed by atoms with Crippen molar-refractivity contribution in [2.24, 2.45) is 0 Å². The van der Waals surface area contributed by atoms with Crippen LogP contribution in [0.5, 0.6) is 5.75 Å².